The Labute approximate surface area is 229 Å². The summed E-state index contributed by atoms with van der Waals surface area (Å²) in [6, 6.07) is 14.2. The Kier molecular flexibility index (Phi) is 7.43. The second-order valence-corrected chi connectivity index (χ2v) is 11.8. The van der Waals surface area contributed by atoms with Crippen LogP contribution in [0.3, 0.4) is 0 Å². The molecule has 7 nitrogen and oxygen atoms in total. The number of piperazine rings is 1. The molecule has 0 saturated carbocycles. The number of carbonyl (C=O) groups is 2. The molecule has 0 bridgehead atoms. The van der Waals surface area contributed by atoms with E-state index in [1.54, 1.807) is 0 Å². The zero-order chi connectivity index (χ0) is 27.0. The molecule has 3 heterocycles. The molecule has 0 unspecified atom stereocenters. The maximum Gasteiger partial charge on any atom is 0.410 e. The van der Waals surface area contributed by atoms with E-state index in [4.69, 9.17) is 16.3 Å². The fourth-order valence-electron chi connectivity index (χ4n) is 5.53. The van der Waals surface area contributed by atoms with Gasteiger partial charge >= 0.3 is 6.09 Å². The first-order valence-corrected chi connectivity index (χ1v) is 13.8. The van der Waals surface area contributed by atoms with Gasteiger partial charge in [-0.1, -0.05) is 29.8 Å². The molecular weight excluding hydrogens is 500 g/mol. The maximum atomic E-state index is 13.2. The number of halogens is 1. The molecule has 202 valence electrons. The third-order valence-electron chi connectivity index (χ3n) is 7.50. The molecule has 1 saturated heterocycles. The molecule has 0 atom stereocenters. The lowest BCUT2D eigenvalue weighted by atomic mass is 10.1. The molecule has 5 rings (SSSR count). The van der Waals surface area contributed by atoms with Crippen molar-refractivity contribution in [3.8, 4) is 0 Å². The number of amides is 2. The van der Waals surface area contributed by atoms with Gasteiger partial charge in [-0.3, -0.25) is 9.69 Å². The summed E-state index contributed by atoms with van der Waals surface area (Å²) in [5, 5.41) is 1.88. The van der Waals surface area contributed by atoms with Crippen molar-refractivity contribution in [2.24, 2.45) is 7.05 Å². The molecule has 2 aliphatic rings. The Morgan fingerprint density at radius 3 is 2.50 bits per heavy atom. The van der Waals surface area contributed by atoms with E-state index in [1.807, 2.05) is 60.9 Å². The summed E-state index contributed by atoms with van der Waals surface area (Å²) in [5.74, 6) is 0.124. The quantitative estimate of drug-likeness (QED) is 0.447. The topological polar surface area (TPSA) is 58.0 Å². The number of aryl methyl sites for hydroxylation is 1. The van der Waals surface area contributed by atoms with E-state index in [1.165, 1.54) is 16.8 Å². The van der Waals surface area contributed by atoms with Crippen molar-refractivity contribution in [1.29, 1.82) is 0 Å². The fourth-order valence-corrected chi connectivity index (χ4v) is 5.66. The Morgan fingerprint density at radius 1 is 1.03 bits per heavy atom. The number of ether oxygens (including phenoxy) is 1. The van der Waals surface area contributed by atoms with Gasteiger partial charge in [0.1, 0.15) is 5.60 Å². The van der Waals surface area contributed by atoms with Crippen LogP contribution in [-0.4, -0.2) is 64.7 Å². The average Bonchev–Trinajstić information content (AvgIpc) is 3.00. The minimum atomic E-state index is -0.522. The monoisotopic (exact) mass is 536 g/mol. The highest BCUT2D eigenvalue weighted by atomic mass is 35.5. The third-order valence-corrected chi connectivity index (χ3v) is 7.76. The van der Waals surface area contributed by atoms with E-state index in [2.05, 4.69) is 28.6 Å². The minimum Gasteiger partial charge on any atom is -0.444 e. The first kappa shape index (κ1) is 26.6. The van der Waals surface area contributed by atoms with Gasteiger partial charge in [0.05, 0.1) is 18.6 Å². The number of fused-ring (bicyclic) bond motifs is 3. The number of carbonyl (C=O) groups excluding carboxylic acids is 2. The van der Waals surface area contributed by atoms with E-state index in [9.17, 15) is 9.59 Å². The van der Waals surface area contributed by atoms with E-state index in [0.717, 1.165) is 54.0 Å². The second-order valence-electron chi connectivity index (χ2n) is 11.4. The largest absolute Gasteiger partial charge is 0.444 e. The van der Waals surface area contributed by atoms with E-state index >= 15 is 0 Å². The number of hydrogen-bond donors (Lipinski definition) is 0. The number of nitrogens with zero attached hydrogens (tertiary/aromatic N) is 4. The molecule has 2 aromatic carbocycles. The van der Waals surface area contributed by atoms with Crippen LogP contribution in [-0.2, 0) is 36.0 Å². The lowest BCUT2D eigenvalue weighted by Gasteiger charge is -2.34. The van der Waals surface area contributed by atoms with E-state index in [0.29, 0.717) is 26.2 Å². The minimum absolute atomic E-state index is 0.124. The Bertz CT molecular complexity index is 1340. The van der Waals surface area contributed by atoms with Crippen LogP contribution in [0.2, 0.25) is 5.02 Å². The standard InChI is InChI=1S/C30H37ClN4O3/c1-30(2,3)38-29(37)34-14-5-6-26-25(19-34)24-12-11-23(18-27(24)32(26)4)35-17-16-33(20-28(35)36)15-13-21-7-9-22(31)10-8-21/h7-12,18H,5-6,13-17,19-20H2,1-4H3. The summed E-state index contributed by atoms with van der Waals surface area (Å²) in [4.78, 5) is 31.9. The molecule has 1 fully saturated rings. The van der Waals surface area contributed by atoms with Crippen LogP contribution in [0.15, 0.2) is 42.5 Å². The average molecular weight is 537 g/mol. The van der Waals surface area contributed by atoms with Crippen LogP contribution >= 0.6 is 11.6 Å². The van der Waals surface area contributed by atoms with Crippen LogP contribution in [0.1, 0.15) is 44.0 Å². The Balaban J connectivity index is 1.30. The van der Waals surface area contributed by atoms with Crippen LogP contribution in [0, 0.1) is 0 Å². The Hall–Kier alpha value is -3.03. The van der Waals surface area contributed by atoms with Crippen molar-refractivity contribution in [1.82, 2.24) is 14.4 Å². The zero-order valence-corrected chi connectivity index (χ0v) is 23.6. The van der Waals surface area contributed by atoms with Gasteiger partial charge in [0.2, 0.25) is 5.91 Å². The second kappa shape index (κ2) is 10.6. The SMILES string of the molecule is Cn1c2c(c3ccc(N4CCN(CCc5ccc(Cl)cc5)CC4=O)cc31)CN(C(=O)OC(C)(C)C)CCC2. The van der Waals surface area contributed by atoms with Gasteiger partial charge in [-0.15, -0.1) is 0 Å². The lowest BCUT2D eigenvalue weighted by molar-refractivity contribution is -0.121. The van der Waals surface area contributed by atoms with Gasteiger partial charge in [0, 0.05) is 60.6 Å². The first-order valence-electron chi connectivity index (χ1n) is 13.4. The van der Waals surface area contributed by atoms with Gasteiger partial charge in [-0.25, -0.2) is 4.79 Å². The number of benzene rings is 2. The van der Waals surface area contributed by atoms with Gasteiger partial charge in [-0.2, -0.15) is 0 Å². The highest BCUT2D eigenvalue weighted by Gasteiger charge is 2.29. The van der Waals surface area contributed by atoms with Crippen molar-refractivity contribution in [2.45, 2.75) is 52.2 Å². The van der Waals surface area contributed by atoms with Crippen LogP contribution in [0.25, 0.3) is 10.9 Å². The zero-order valence-electron chi connectivity index (χ0n) is 22.8. The summed E-state index contributed by atoms with van der Waals surface area (Å²) in [6.45, 7) is 9.68. The summed E-state index contributed by atoms with van der Waals surface area (Å²) in [6.07, 6.45) is 2.42. The van der Waals surface area contributed by atoms with E-state index in [-0.39, 0.29) is 12.0 Å². The highest BCUT2D eigenvalue weighted by Crippen LogP contribution is 2.33. The molecule has 0 radical (unpaired) electrons. The molecule has 0 aliphatic carbocycles. The van der Waals surface area contributed by atoms with Gasteiger partial charge in [0.15, 0.2) is 0 Å². The van der Waals surface area contributed by atoms with Gasteiger partial charge < -0.3 is 19.1 Å². The van der Waals surface area contributed by atoms with E-state index < -0.39 is 5.60 Å². The predicted octanol–water partition coefficient (Wildman–Crippen LogP) is 5.41. The van der Waals surface area contributed by atoms with Crippen molar-refractivity contribution < 1.29 is 14.3 Å². The van der Waals surface area contributed by atoms with Crippen LogP contribution in [0.4, 0.5) is 10.5 Å². The lowest BCUT2D eigenvalue weighted by Crippen LogP contribution is -2.50. The third kappa shape index (κ3) is 5.69. The number of hydrogen-bond acceptors (Lipinski definition) is 4. The summed E-state index contributed by atoms with van der Waals surface area (Å²) in [5.41, 5.74) is 5.16. The maximum absolute atomic E-state index is 13.2. The van der Waals surface area contributed by atoms with Gasteiger partial charge in [0.25, 0.3) is 0 Å². The molecule has 3 aromatic rings. The summed E-state index contributed by atoms with van der Waals surface area (Å²) >= 11 is 5.99. The predicted molar refractivity (Wildman–Crippen MR) is 152 cm³/mol. The van der Waals surface area contributed by atoms with Crippen LogP contribution < -0.4 is 4.90 Å². The number of anilines is 1. The van der Waals surface area contributed by atoms with Crippen molar-refractivity contribution in [2.75, 3.05) is 37.6 Å². The number of rotatable bonds is 4. The van der Waals surface area contributed by atoms with Crippen molar-refractivity contribution >= 4 is 40.2 Å². The molecular formula is C30H37ClN4O3. The molecule has 0 N–H and O–H groups in total. The smallest absolute Gasteiger partial charge is 0.410 e. The first-order chi connectivity index (χ1) is 18.1. The molecule has 2 amide bonds. The van der Waals surface area contributed by atoms with Gasteiger partial charge in [-0.05, 0) is 69.9 Å². The van der Waals surface area contributed by atoms with Crippen LogP contribution in [0.5, 0.6) is 0 Å². The molecule has 0 spiro atoms. The summed E-state index contributed by atoms with van der Waals surface area (Å²) < 4.78 is 7.90. The highest BCUT2D eigenvalue weighted by molar-refractivity contribution is 6.30. The summed E-state index contributed by atoms with van der Waals surface area (Å²) in [7, 11) is 2.09. The number of aromatic nitrogens is 1. The fraction of sp³-hybridized carbons (Fsp3) is 0.467. The molecule has 8 heteroatoms. The molecule has 38 heavy (non-hydrogen) atoms. The van der Waals surface area contributed by atoms with Crippen molar-refractivity contribution in [3.63, 3.8) is 0 Å². The van der Waals surface area contributed by atoms with Crippen molar-refractivity contribution in [3.05, 3.63) is 64.3 Å². The Morgan fingerprint density at radius 2 is 1.79 bits per heavy atom. The molecule has 1 aromatic heterocycles. The normalized spacial score (nSPS) is 17.0. The molecule has 2 aliphatic heterocycles.